The highest BCUT2D eigenvalue weighted by Gasteiger charge is 2.24. The molecule has 0 bridgehead atoms. The first-order chi connectivity index (χ1) is 10.3. The van der Waals surface area contributed by atoms with Gasteiger partial charge in [0, 0.05) is 12.8 Å². The summed E-state index contributed by atoms with van der Waals surface area (Å²) < 4.78 is 6.33. The van der Waals surface area contributed by atoms with Gasteiger partial charge in [0.1, 0.15) is 11.9 Å². The van der Waals surface area contributed by atoms with Gasteiger partial charge in [0.15, 0.2) is 0 Å². The molecule has 1 unspecified atom stereocenters. The van der Waals surface area contributed by atoms with Crippen LogP contribution >= 0.6 is 0 Å². The van der Waals surface area contributed by atoms with Gasteiger partial charge < -0.3 is 4.74 Å². The van der Waals surface area contributed by atoms with Gasteiger partial charge in [0.25, 0.3) is 0 Å². The van der Waals surface area contributed by atoms with E-state index >= 15 is 0 Å². The maximum atomic E-state index is 6.33. The minimum Gasteiger partial charge on any atom is -0.489 e. The molecule has 1 aromatic carbocycles. The van der Waals surface area contributed by atoms with Gasteiger partial charge in [-0.2, -0.15) is 0 Å². The Bertz CT molecular complexity index is 524. The Hall–Kier alpha value is -1.76. The average Bonchev–Trinajstić information content (AvgIpc) is 2.51. The summed E-state index contributed by atoms with van der Waals surface area (Å²) in [6.07, 6.45) is 10.3. The van der Waals surface area contributed by atoms with E-state index in [0.29, 0.717) is 0 Å². The van der Waals surface area contributed by atoms with E-state index < -0.39 is 0 Å². The third-order valence-corrected chi connectivity index (χ3v) is 4.04. The number of unbranched alkanes of at least 4 members (excludes halogenated alkanes) is 1. The fourth-order valence-electron chi connectivity index (χ4n) is 2.91. The molecule has 0 radical (unpaired) electrons. The lowest BCUT2D eigenvalue weighted by Gasteiger charge is -2.30. The van der Waals surface area contributed by atoms with Crippen molar-refractivity contribution in [3.05, 3.63) is 72.0 Å². The Labute approximate surface area is 129 Å². The first kappa shape index (κ1) is 15.6. The molecular formula is C20H26O. The standard InChI is InChI=1S/C20H26O/c1-4-7-12-16(10-5-2)20-15-17-13-8-9-14-18(17)19(21-20)11-6-3/h5-6,8-9,13-14,19H,2-4,7,10-12,15H2,1H3/b20-16-. The molecule has 0 amide bonds. The van der Waals surface area contributed by atoms with E-state index in [2.05, 4.69) is 44.3 Å². The largest absolute Gasteiger partial charge is 0.489 e. The highest BCUT2D eigenvalue weighted by molar-refractivity contribution is 5.36. The fraction of sp³-hybridized carbons (Fsp3) is 0.400. The summed E-state index contributed by atoms with van der Waals surface area (Å²) in [4.78, 5) is 0. The summed E-state index contributed by atoms with van der Waals surface area (Å²) in [5.74, 6) is 1.16. The second kappa shape index (κ2) is 7.87. The smallest absolute Gasteiger partial charge is 0.127 e. The number of allylic oxidation sites excluding steroid dienone is 3. The van der Waals surface area contributed by atoms with Gasteiger partial charge in [-0.25, -0.2) is 0 Å². The topological polar surface area (TPSA) is 9.23 Å². The zero-order chi connectivity index (χ0) is 15.1. The van der Waals surface area contributed by atoms with E-state index in [9.17, 15) is 0 Å². The first-order valence-corrected chi connectivity index (χ1v) is 7.97. The number of hydrogen-bond donors (Lipinski definition) is 0. The monoisotopic (exact) mass is 282 g/mol. The molecule has 112 valence electrons. The number of benzene rings is 1. The quantitative estimate of drug-likeness (QED) is 0.566. The fourth-order valence-corrected chi connectivity index (χ4v) is 2.91. The number of rotatable bonds is 7. The van der Waals surface area contributed by atoms with Gasteiger partial charge in [-0.15, -0.1) is 13.2 Å². The minimum absolute atomic E-state index is 0.115. The molecule has 0 spiro atoms. The van der Waals surface area contributed by atoms with Crippen molar-refractivity contribution in [2.24, 2.45) is 0 Å². The summed E-state index contributed by atoms with van der Waals surface area (Å²) in [7, 11) is 0. The number of fused-ring (bicyclic) bond motifs is 1. The molecule has 1 aliphatic rings. The number of ether oxygens (including phenoxy) is 1. The third-order valence-electron chi connectivity index (χ3n) is 4.04. The molecule has 0 fully saturated rings. The van der Waals surface area contributed by atoms with Crippen LogP contribution in [-0.4, -0.2) is 0 Å². The molecule has 21 heavy (non-hydrogen) atoms. The van der Waals surface area contributed by atoms with Gasteiger partial charge in [-0.05, 0) is 36.0 Å². The molecule has 1 aromatic rings. The highest BCUT2D eigenvalue weighted by atomic mass is 16.5. The van der Waals surface area contributed by atoms with Crippen LogP contribution < -0.4 is 0 Å². The Morgan fingerprint density at radius 1 is 1.29 bits per heavy atom. The van der Waals surface area contributed by atoms with Gasteiger partial charge in [-0.3, -0.25) is 0 Å². The normalized spacial score (nSPS) is 19.4. The summed E-state index contributed by atoms with van der Waals surface area (Å²) in [6.45, 7) is 10.00. The van der Waals surface area contributed by atoms with Crippen molar-refractivity contribution in [3.8, 4) is 0 Å². The molecule has 1 atom stereocenters. The predicted octanol–water partition coefficient (Wildman–Crippen LogP) is 5.90. The van der Waals surface area contributed by atoms with Crippen LogP contribution in [0.3, 0.4) is 0 Å². The van der Waals surface area contributed by atoms with Crippen LogP contribution in [0.2, 0.25) is 0 Å². The lowest BCUT2D eigenvalue weighted by atomic mass is 9.91. The first-order valence-electron chi connectivity index (χ1n) is 7.97. The van der Waals surface area contributed by atoms with Crippen molar-refractivity contribution in [1.29, 1.82) is 0 Å². The molecule has 1 heterocycles. The van der Waals surface area contributed by atoms with E-state index in [0.717, 1.165) is 31.4 Å². The van der Waals surface area contributed by atoms with Crippen LogP contribution in [0.15, 0.2) is 60.9 Å². The van der Waals surface area contributed by atoms with Crippen molar-refractivity contribution in [1.82, 2.24) is 0 Å². The molecule has 0 aliphatic carbocycles. The van der Waals surface area contributed by atoms with E-state index in [-0.39, 0.29) is 6.10 Å². The molecule has 0 saturated heterocycles. The lowest BCUT2D eigenvalue weighted by Crippen LogP contribution is -2.16. The lowest BCUT2D eigenvalue weighted by molar-refractivity contribution is 0.0996. The number of hydrogen-bond acceptors (Lipinski definition) is 1. The van der Waals surface area contributed by atoms with Crippen molar-refractivity contribution in [2.75, 3.05) is 0 Å². The molecule has 2 rings (SSSR count). The predicted molar refractivity (Wildman–Crippen MR) is 90.2 cm³/mol. The summed E-state index contributed by atoms with van der Waals surface area (Å²) in [5, 5.41) is 0. The zero-order valence-electron chi connectivity index (χ0n) is 13.1. The van der Waals surface area contributed by atoms with Crippen LogP contribution in [-0.2, 0) is 11.2 Å². The molecule has 0 aromatic heterocycles. The molecule has 1 aliphatic heterocycles. The van der Waals surface area contributed by atoms with Gasteiger partial charge in [-0.1, -0.05) is 49.8 Å². The average molecular weight is 282 g/mol. The molecular weight excluding hydrogens is 256 g/mol. The Balaban J connectivity index is 2.33. The van der Waals surface area contributed by atoms with E-state index in [1.54, 1.807) is 0 Å². The zero-order valence-corrected chi connectivity index (χ0v) is 13.1. The van der Waals surface area contributed by atoms with Crippen LogP contribution in [0.25, 0.3) is 0 Å². The van der Waals surface area contributed by atoms with Crippen LogP contribution in [0.1, 0.15) is 56.3 Å². The van der Waals surface area contributed by atoms with E-state index in [1.807, 2.05) is 12.2 Å². The van der Waals surface area contributed by atoms with Crippen molar-refractivity contribution in [3.63, 3.8) is 0 Å². The minimum atomic E-state index is 0.115. The summed E-state index contributed by atoms with van der Waals surface area (Å²) >= 11 is 0. The Morgan fingerprint density at radius 2 is 2.10 bits per heavy atom. The molecule has 0 saturated carbocycles. The van der Waals surface area contributed by atoms with Crippen LogP contribution in [0.4, 0.5) is 0 Å². The maximum Gasteiger partial charge on any atom is 0.127 e. The molecule has 0 N–H and O–H groups in total. The van der Waals surface area contributed by atoms with Gasteiger partial charge in [0.05, 0.1) is 0 Å². The summed E-state index contributed by atoms with van der Waals surface area (Å²) in [6, 6.07) is 8.61. The van der Waals surface area contributed by atoms with Gasteiger partial charge >= 0.3 is 0 Å². The third kappa shape index (κ3) is 3.87. The Morgan fingerprint density at radius 3 is 2.81 bits per heavy atom. The SMILES string of the molecule is C=CC/C(CCCC)=C1\Cc2ccccc2C(CC=C)O1. The Kier molecular flexibility index (Phi) is 5.86. The van der Waals surface area contributed by atoms with E-state index in [1.165, 1.54) is 29.5 Å². The second-order valence-corrected chi connectivity index (χ2v) is 5.63. The maximum absolute atomic E-state index is 6.33. The van der Waals surface area contributed by atoms with Gasteiger partial charge in [0.2, 0.25) is 0 Å². The van der Waals surface area contributed by atoms with Crippen LogP contribution in [0, 0.1) is 0 Å². The van der Waals surface area contributed by atoms with Crippen molar-refractivity contribution >= 4 is 0 Å². The summed E-state index contributed by atoms with van der Waals surface area (Å²) in [5.41, 5.74) is 4.12. The molecule has 1 nitrogen and oxygen atoms in total. The van der Waals surface area contributed by atoms with Crippen molar-refractivity contribution < 1.29 is 4.74 Å². The molecule has 1 heteroatoms. The highest BCUT2D eigenvalue weighted by Crippen LogP contribution is 2.37. The van der Waals surface area contributed by atoms with Crippen molar-refractivity contribution in [2.45, 2.75) is 51.6 Å². The van der Waals surface area contributed by atoms with E-state index in [4.69, 9.17) is 4.74 Å². The van der Waals surface area contributed by atoms with Crippen LogP contribution in [0.5, 0.6) is 0 Å². The second-order valence-electron chi connectivity index (χ2n) is 5.63.